The fourth-order valence-electron chi connectivity index (χ4n) is 3.22. The highest BCUT2D eigenvalue weighted by Crippen LogP contribution is 2.10. The number of aliphatic hydroxyl groups is 1. The molecule has 0 radical (unpaired) electrons. The number of piperazine rings is 1. The first-order valence-electron chi connectivity index (χ1n) is 9.18. The van der Waals surface area contributed by atoms with Crippen LogP contribution in [0.5, 0.6) is 0 Å². The van der Waals surface area contributed by atoms with Gasteiger partial charge >= 0.3 is 0 Å². The molecule has 1 atom stereocenters. The zero-order valence-electron chi connectivity index (χ0n) is 15.1. The minimum atomic E-state index is -0.470. The summed E-state index contributed by atoms with van der Waals surface area (Å²) in [5.41, 5.74) is 2.25. The molecule has 1 aliphatic rings. The van der Waals surface area contributed by atoms with Gasteiger partial charge in [0.05, 0.1) is 19.3 Å². The molecule has 1 aliphatic heterocycles. The van der Waals surface area contributed by atoms with E-state index in [2.05, 4.69) is 9.80 Å². The Bertz CT molecular complexity index is 643. The molecule has 2 aromatic rings. The van der Waals surface area contributed by atoms with Crippen LogP contribution < -0.4 is 0 Å². The summed E-state index contributed by atoms with van der Waals surface area (Å²) in [7, 11) is 0. The lowest BCUT2D eigenvalue weighted by Crippen LogP contribution is -2.48. The Balaban J connectivity index is 1.32. The van der Waals surface area contributed by atoms with Crippen LogP contribution in [0.2, 0.25) is 0 Å². The minimum absolute atomic E-state index is 0.193. The average molecular weight is 358 g/mol. The van der Waals surface area contributed by atoms with Crippen LogP contribution in [0.25, 0.3) is 0 Å². The lowest BCUT2D eigenvalue weighted by Gasteiger charge is -2.35. The summed E-state index contributed by atoms with van der Waals surface area (Å²) in [4.78, 5) is 4.64. The van der Waals surface area contributed by atoms with Crippen molar-refractivity contribution < 1.29 is 14.2 Å². The molecule has 0 aliphatic carbocycles. The summed E-state index contributed by atoms with van der Waals surface area (Å²) in [5, 5.41) is 10.2. The largest absolute Gasteiger partial charge is 0.389 e. The summed E-state index contributed by atoms with van der Waals surface area (Å²) in [6.45, 7) is 6.13. The molecular weight excluding hydrogens is 331 g/mol. The number of hydrogen-bond donors (Lipinski definition) is 1. The molecule has 1 saturated heterocycles. The van der Waals surface area contributed by atoms with Crippen LogP contribution in [0.3, 0.4) is 0 Å². The minimum Gasteiger partial charge on any atom is -0.389 e. The molecule has 1 fully saturated rings. The molecule has 140 valence electrons. The van der Waals surface area contributed by atoms with Gasteiger partial charge in [-0.2, -0.15) is 0 Å². The number of aliphatic hydroxyl groups excluding tert-OH is 1. The summed E-state index contributed by atoms with van der Waals surface area (Å²) in [5.74, 6) is -0.193. The monoisotopic (exact) mass is 358 g/mol. The van der Waals surface area contributed by atoms with E-state index in [1.165, 1.54) is 12.1 Å². The highest BCUT2D eigenvalue weighted by Gasteiger charge is 2.19. The second kappa shape index (κ2) is 9.78. The maximum absolute atomic E-state index is 13.0. The van der Waals surface area contributed by atoms with Crippen molar-refractivity contribution in [1.29, 1.82) is 0 Å². The van der Waals surface area contributed by atoms with Gasteiger partial charge < -0.3 is 9.84 Å². The van der Waals surface area contributed by atoms with Crippen molar-refractivity contribution >= 4 is 0 Å². The van der Waals surface area contributed by atoms with Crippen LogP contribution in [0.15, 0.2) is 54.6 Å². The Morgan fingerprint density at radius 2 is 1.54 bits per heavy atom. The van der Waals surface area contributed by atoms with Crippen LogP contribution in [-0.4, -0.2) is 60.3 Å². The van der Waals surface area contributed by atoms with Crippen LogP contribution >= 0.6 is 0 Å². The van der Waals surface area contributed by atoms with Gasteiger partial charge in [0.2, 0.25) is 0 Å². The second-order valence-corrected chi connectivity index (χ2v) is 6.86. The van der Waals surface area contributed by atoms with Gasteiger partial charge in [-0.15, -0.1) is 0 Å². The van der Waals surface area contributed by atoms with Crippen molar-refractivity contribution in [2.75, 3.05) is 39.3 Å². The first-order chi connectivity index (χ1) is 12.7. The number of nitrogens with zero attached hydrogens (tertiary/aromatic N) is 2. The molecule has 2 aromatic carbocycles. The summed E-state index contributed by atoms with van der Waals surface area (Å²) < 4.78 is 18.6. The van der Waals surface area contributed by atoms with Gasteiger partial charge in [-0.1, -0.05) is 42.5 Å². The molecule has 5 heteroatoms. The molecule has 4 nitrogen and oxygen atoms in total. The van der Waals surface area contributed by atoms with Crippen molar-refractivity contribution in [3.63, 3.8) is 0 Å². The van der Waals surface area contributed by atoms with E-state index in [1.807, 2.05) is 42.5 Å². The van der Waals surface area contributed by atoms with E-state index in [9.17, 15) is 9.50 Å². The Hall–Kier alpha value is -1.79. The third kappa shape index (κ3) is 6.18. The smallest absolute Gasteiger partial charge is 0.123 e. The van der Waals surface area contributed by atoms with Crippen molar-refractivity contribution in [3.05, 3.63) is 71.5 Å². The molecule has 0 saturated carbocycles. The van der Waals surface area contributed by atoms with E-state index in [-0.39, 0.29) is 5.82 Å². The maximum atomic E-state index is 13.0. The molecule has 0 spiro atoms. The van der Waals surface area contributed by atoms with Gasteiger partial charge in [-0.25, -0.2) is 4.39 Å². The topological polar surface area (TPSA) is 35.9 Å². The number of β-amino-alcohol motifs (C(OH)–C–C–N with tert-alkyl or cyclic N) is 1. The van der Waals surface area contributed by atoms with E-state index in [4.69, 9.17) is 4.74 Å². The lowest BCUT2D eigenvalue weighted by molar-refractivity contribution is 0.000878. The zero-order valence-corrected chi connectivity index (χ0v) is 15.1. The molecule has 0 bridgehead atoms. The van der Waals surface area contributed by atoms with Crippen LogP contribution in [0.4, 0.5) is 4.39 Å². The Morgan fingerprint density at radius 1 is 0.885 bits per heavy atom. The molecule has 1 N–H and O–H groups in total. The quantitative estimate of drug-likeness (QED) is 0.787. The van der Waals surface area contributed by atoms with Crippen molar-refractivity contribution in [3.8, 4) is 0 Å². The number of halogens is 1. The second-order valence-electron chi connectivity index (χ2n) is 6.86. The third-order valence-corrected chi connectivity index (χ3v) is 4.68. The van der Waals surface area contributed by atoms with E-state index in [1.54, 1.807) is 0 Å². The van der Waals surface area contributed by atoms with Crippen molar-refractivity contribution in [1.82, 2.24) is 9.80 Å². The Morgan fingerprint density at radius 3 is 2.23 bits per heavy atom. The van der Waals surface area contributed by atoms with Crippen LogP contribution in [-0.2, 0) is 17.9 Å². The molecule has 26 heavy (non-hydrogen) atoms. The molecule has 1 heterocycles. The van der Waals surface area contributed by atoms with E-state index < -0.39 is 6.10 Å². The Labute approximate surface area is 154 Å². The molecule has 0 aromatic heterocycles. The standard InChI is InChI=1S/C21H27FN2O2/c22-20-8-6-18(7-9-20)14-23-10-12-24(13-11-23)15-21(25)17-26-16-19-4-2-1-3-5-19/h1-9,21,25H,10-17H2. The predicted octanol–water partition coefficient (Wildman–Crippen LogP) is 2.52. The summed E-state index contributed by atoms with van der Waals surface area (Å²) in [6, 6.07) is 16.7. The number of ether oxygens (including phenoxy) is 1. The molecular formula is C21H27FN2O2. The first-order valence-corrected chi connectivity index (χ1v) is 9.18. The predicted molar refractivity (Wildman–Crippen MR) is 100 cm³/mol. The number of hydrogen-bond acceptors (Lipinski definition) is 4. The van der Waals surface area contributed by atoms with E-state index in [0.29, 0.717) is 19.8 Å². The van der Waals surface area contributed by atoms with Gasteiger partial charge in [0.15, 0.2) is 0 Å². The fourth-order valence-corrected chi connectivity index (χ4v) is 3.22. The first kappa shape index (κ1) is 19.0. The van der Waals surface area contributed by atoms with Gasteiger partial charge in [0, 0.05) is 39.3 Å². The van der Waals surface area contributed by atoms with Crippen LogP contribution in [0, 0.1) is 5.82 Å². The lowest BCUT2D eigenvalue weighted by atomic mass is 10.2. The molecule has 1 unspecified atom stereocenters. The van der Waals surface area contributed by atoms with Gasteiger partial charge in [0.1, 0.15) is 5.82 Å². The molecule has 0 amide bonds. The van der Waals surface area contributed by atoms with Crippen LogP contribution in [0.1, 0.15) is 11.1 Å². The summed E-state index contributed by atoms with van der Waals surface area (Å²) in [6.07, 6.45) is -0.470. The fraction of sp³-hybridized carbons (Fsp3) is 0.429. The normalized spacial score (nSPS) is 17.3. The van der Waals surface area contributed by atoms with Gasteiger partial charge in [-0.05, 0) is 23.3 Å². The highest BCUT2D eigenvalue weighted by atomic mass is 19.1. The highest BCUT2D eigenvalue weighted by molar-refractivity contribution is 5.16. The maximum Gasteiger partial charge on any atom is 0.123 e. The van der Waals surface area contributed by atoms with E-state index >= 15 is 0 Å². The number of rotatable bonds is 8. The SMILES string of the molecule is OC(COCc1ccccc1)CN1CCN(Cc2ccc(F)cc2)CC1. The van der Waals surface area contributed by atoms with Gasteiger partial charge in [-0.3, -0.25) is 9.80 Å². The summed E-state index contributed by atoms with van der Waals surface area (Å²) >= 11 is 0. The zero-order chi connectivity index (χ0) is 18.2. The van der Waals surface area contributed by atoms with Crippen molar-refractivity contribution in [2.24, 2.45) is 0 Å². The Kier molecular flexibility index (Phi) is 7.14. The molecule has 3 rings (SSSR count). The van der Waals surface area contributed by atoms with Crippen molar-refractivity contribution in [2.45, 2.75) is 19.3 Å². The third-order valence-electron chi connectivity index (χ3n) is 4.68. The van der Waals surface area contributed by atoms with E-state index in [0.717, 1.165) is 43.9 Å². The number of benzene rings is 2. The van der Waals surface area contributed by atoms with Gasteiger partial charge in [0.25, 0.3) is 0 Å². The average Bonchev–Trinajstić information content (AvgIpc) is 2.66.